The van der Waals surface area contributed by atoms with Crippen molar-refractivity contribution in [2.24, 2.45) is 5.92 Å². The quantitative estimate of drug-likeness (QED) is 0.213. The van der Waals surface area contributed by atoms with Gasteiger partial charge < -0.3 is 0 Å². The van der Waals surface area contributed by atoms with Gasteiger partial charge in [0.1, 0.15) is 0 Å². The highest BCUT2D eigenvalue weighted by Gasteiger charge is 1.93. The monoisotopic (exact) mass is 280 g/mol. The summed E-state index contributed by atoms with van der Waals surface area (Å²) in [7, 11) is 0. The van der Waals surface area contributed by atoms with Crippen molar-refractivity contribution in [2.45, 2.75) is 111 Å². The second kappa shape index (κ2) is 16.8. The molecule has 120 valence electrons. The first kappa shape index (κ1) is 19.7. The van der Waals surface area contributed by atoms with Gasteiger partial charge in [0.05, 0.1) is 0 Å². The third kappa shape index (κ3) is 17.7. The molecule has 0 nitrogen and oxygen atoms in total. The van der Waals surface area contributed by atoms with Crippen LogP contribution in [0.25, 0.3) is 0 Å². The normalized spacial score (nSPS) is 11.8. The lowest BCUT2D eigenvalue weighted by atomic mass is 10.0. The number of hydrogen-bond acceptors (Lipinski definition) is 0. The van der Waals surface area contributed by atoms with Crippen LogP contribution in [0.1, 0.15) is 111 Å². The van der Waals surface area contributed by atoms with E-state index in [0.717, 1.165) is 5.92 Å². The first-order valence-electron chi connectivity index (χ1n) is 9.42. The minimum atomic E-state index is 0.886. The largest absolute Gasteiger partial charge is 0.0885 e. The maximum absolute atomic E-state index is 2.42. The molecular weight excluding hydrogens is 240 g/mol. The smallest absolute Gasteiger partial charge is 0.0351 e. The summed E-state index contributed by atoms with van der Waals surface area (Å²) in [6, 6.07) is 0. The molecular formula is C20H40. The van der Waals surface area contributed by atoms with Gasteiger partial charge >= 0.3 is 0 Å². The predicted molar refractivity (Wildman–Crippen MR) is 94.3 cm³/mol. The van der Waals surface area contributed by atoms with Gasteiger partial charge in [-0.3, -0.25) is 0 Å². The Bertz CT molecular complexity index is 190. The van der Waals surface area contributed by atoms with E-state index in [-0.39, 0.29) is 0 Å². The van der Waals surface area contributed by atoms with Crippen molar-refractivity contribution >= 4 is 0 Å². The van der Waals surface area contributed by atoms with E-state index in [1.807, 2.05) is 0 Å². The number of allylic oxidation sites excluding steroid dienone is 2. The lowest BCUT2D eigenvalue weighted by molar-refractivity contribution is 0.521. The van der Waals surface area contributed by atoms with E-state index in [0.29, 0.717) is 0 Å². The van der Waals surface area contributed by atoms with Crippen LogP contribution in [0, 0.1) is 5.92 Å². The van der Waals surface area contributed by atoms with Crippen molar-refractivity contribution in [1.82, 2.24) is 0 Å². The lowest BCUT2D eigenvalue weighted by Gasteiger charge is -2.03. The van der Waals surface area contributed by atoms with Crippen LogP contribution in [-0.4, -0.2) is 0 Å². The first-order valence-corrected chi connectivity index (χ1v) is 9.42. The predicted octanol–water partition coefficient (Wildman–Crippen LogP) is 7.68. The highest BCUT2D eigenvalue weighted by Crippen LogP contribution is 2.11. The highest BCUT2D eigenvalue weighted by molar-refractivity contribution is 4.81. The molecule has 0 aliphatic carbocycles. The van der Waals surface area contributed by atoms with Crippen LogP contribution in [0.5, 0.6) is 0 Å². The number of rotatable bonds is 15. The van der Waals surface area contributed by atoms with Crippen LogP contribution >= 0.6 is 0 Å². The van der Waals surface area contributed by atoms with Crippen LogP contribution in [0.3, 0.4) is 0 Å². The minimum Gasteiger partial charge on any atom is -0.0885 e. The lowest BCUT2D eigenvalue weighted by Crippen LogP contribution is -1.86. The van der Waals surface area contributed by atoms with Gasteiger partial charge in [0.25, 0.3) is 0 Å². The van der Waals surface area contributed by atoms with Crippen LogP contribution in [0.15, 0.2) is 12.2 Å². The van der Waals surface area contributed by atoms with Gasteiger partial charge in [-0.1, -0.05) is 97.1 Å². The molecule has 0 amide bonds. The molecule has 20 heavy (non-hydrogen) atoms. The standard InChI is InChI=1S/C20H40/c1-4-5-6-7-8-9-10-11-12-13-14-15-16-17-18-19-20(2)3/h12-13,20H,4-11,14-19H2,1-3H3. The minimum absolute atomic E-state index is 0.886. The molecule has 0 radical (unpaired) electrons. The van der Waals surface area contributed by atoms with E-state index in [9.17, 15) is 0 Å². The number of hydrogen-bond donors (Lipinski definition) is 0. The second-order valence-electron chi connectivity index (χ2n) is 6.77. The summed E-state index contributed by atoms with van der Waals surface area (Å²) in [5.41, 5.74) is 0. The van der Waals surface area contributed by atoms with Gasteiger partial charge in [0.2, 0.25) is 0 Å². The van der Waals surface area contributed by atoms with Crippen LogP contribution < -0.4 is 0 Å². The van der Waals surface area contributed by atoms with E-state index in [2.05, 4.69) is 32.9 Å². The van der Waals surface area contributed by atoms with Crippen molar-refractivity contribution < 1.29 is 0 Å². The van der Waals surface area contributed by atoms with Crippen molar-refractivity contribution in [1.29, 1.82) is 0 Å². The summed E-state index contributed by atoms with van der Waals surface area (Å²) in [4.78, 5) is 0. The Kier molecular flexibility index (Phi) is 16.6. The molecule has 0 aliphatic heterocycles. The average molecular weight is 281 g/mol. The maximum atomic E-state index is 2.42. The van der Waals surface area contributed by atoms with Gasteiger partial charge in [0.15, 0.2) is 0 Å². The highest BCUT2D eigenvalue weighted by atomic mass is 14.0. The SMILES string of the molecule is CCCCCCCCCC=CCCCCCCC(C)C. The Morgan fingerprint density at radius 3 is 1.55 bits per heavy atom. The summed E-state index contributed by atoms with van der Waals surface area (Å²) >= 11 is 0. The number of unbranched alkanes of at least 4 members (excludes halogenated alkanes) is 11. The fraction of sp³-hybridized carbons (Fsp3) is 0.900. The van der Waals surface area contributed by atoms with E-state index < -0.39 is 0 Å². The molecule has 0 heterocycles. The zero-order valence-electron chi connectivity index (χ0n) is 14.6. The van der Waals surface area contributed by atoms with E-state index >= 15 is 0 Å². The Hall–Kier alpha value is -0.260. The first-order chi connectivity index (χ1) is 9.77. The fourth-order valence-electron chi connectivity index (χ4n) is 2.62. The van der Waals surface area contributed by atoms with Gasteiger partial charge in [-0.15, -0.1) is 0 Å². The van der Waals surface area contributed by atoms with E-state index in [1.165, 1.54) is 89.9 Å². The molecule has 0 atom stereocenters. The van der Waals surface area contributed by atoms with Gasteiger partial charge in [0, 0.05) is 0 Å². The van der Waals surface area contributed by atoms with Crippen LogP contribution in [-0.2, 0) is 0 Å². The van der Waals surface area contributed by atoms with Crippen molar-refractivity contribution in [3.63, 3.8) is 0 Å². The summed E-state index contributed by atoms with van der Waals surface area (Å²) in [5, 5.41) is 0. The van der Waals surface area contributed by atoms with Crippen LogP contribution in [0.4, 0.5) is 0 Å². The fourth-order valence-corrected chi connectivity index (χ4v) is 2.62. The average Bonchev–Trinajstić information content (AvgIpc) is 2.43. The molecule has 0 heteroatoms. The Labute approximate surface area is 129 Å². The maximum Gasteiger partial charge on any atom is -0.0351 e. The molecule has 0 aromatic carbocycles. The molecule has 0 saturated carbocycles. The molecule has 0 aromatic rings. The Morgan fingerprint density at radius 1 is 0.600 bits per heavy atom. The van der Waals surface area contributed by atoms with Gasteiger partial charge in [-0.25, -0.2) is 0 Å². The molecule has 0 saturated heterocycles. The second-order valence-corrected chi connectivity index (χ2v) is 6.77. The van der Waals surface area contributed by atoms with Crippen LogP contribution in [0.2, 0.25) is 0 Å². The third-order valence-corrected chi connectivity index (χ3v) is 4.04. The van der Waals surface area contributed by atoms with E-state index in [4.69, 9.17) is 0 Å². The summed E-state index contributed by atoms with van der Waals surface area (Å²) in [6.45, 7) is 6.94. The van der Waals surface area contributed by atoms with E-state index in [1.54, 1.807) is 0 Å². The third-order valence-electron chi connectivity index (χ3n) is 4.04. The molecule has 0 aromatic heterocycles. The zero-order chi connectivity index (χ0) is 14.9. The molecule has 0 unspecified atom stereocenters. The molecule has 0 aliphatic rings. The van der Waals surface area contributed by atoms with Gasteiger partial charge in [-0.2, -0.15) is 0 Å². The topological polar surface area (TPSA) is 0 Å². The molecule has 0 fully saturated rings. The summed E-state index contributed by atoms with van der Waals surface area (Å²) in [5.74, 6) is 0.886. The Morgan fingerprint density at radius 2 is 1.05 bits per heavy atom. The molecule has 0 rings (SSSR count). The van der Waals surface area contributed by atoms with Crippen molar-refractivity contribution in [3.05, 3.63) is 12.2 Å². The zero-order valence-corrected chi connectivity index (χ0v) is 14.6. The Balaban J connectivity index is 3.05. The summed E-state index contributed by atoms with van der Waals surface area (Å²) < 4.78 is 0. The van der Waals surface area contributed by atoms with Crippen molar-refractivity contribution in [2.75, 3.05) is 0 Å². The summed E-state index contributed by atoms with van der Waals surface area (Å²) in [6.07, 6.45) is 24.5. The molecule has 0 bridgehead atoms. The molecule has 0 spiro atoms. The van der Waals surface area contributed by atoms with Gasteiger partial charge in [-0.05, 0) is 31.6 Å². The van der Waals surface area contributed by atoms with Crippen molar-refractivity contribution in [3.8, 4) is 0 Å². The molecule has 0 N–H and O–H groups in total.